The number of nitrogens with two attached hydrogens (primary N) is 1. The Hall–Kier alpha value is -2.05. The Morgan fingerprint density at radius 2 is 1.95 bits per heavy atom. The number of hydrogen-bond acceptors (Lipinski definition) is 4. The molecule has 0 amide bonds. The first-order valence-electron chi connectivity index (χ1n) is 6.09. The molecule has 0 atom stereocenters. The molecule has 3 aromatic rings. The maximum atomic E-state index is 11.6. The lowest BCUT2D eigenvalue weighted by Crippen LogP contribution is -1.96. The fourth-order valence-electron chi connectivity index (χ4n) is 2.11. The maximum absolute atomic E-state index is 11.6. The minimum Gasteiger partial charge on any atom is -0.399 e. The van der Waals surface area contributed by atoms with Crippen LogP contribution in [0.4, 0.5) is 5.69 Å². The summed E-state index contributed by atoms with van der Waals surface area (Å²) in [5, 5.41) is 0.516. The largest absolute Gasteiger partial charge is 0.399 e. The summed E-state index contributed by atoms with van der Waals surface area (Å²) in [6, 6.07) is 9.91. The standard InChI is InChI=1S/C14H12ClN3O2S/c1-21(19,20)11-2-3-12-13(7-11)18-14(17-12)8-4-9(15)6-10(16)5-8/h2-7H,16H2,1H3,(H,17,18). The molecule has 1 aromatic heterocycles. The molecular formula is C14H12ClN3O2S. The average molecular weight is 322 g/mol. The number of rotatable bonds is 2. The molecule has 3 rings (SSSR count). The second-order valence-corrected chi connectivity index (χ2v) is 7.26. The van der Waals surface area contributed by atoms with Gasteiger partial charge in [-0.1, -0.05) is 11.6 Å². The number of H-pyrrole nitrogens is 1. The van der Waals surface area contributed by atoms with Crippen molar-refractivity contribution in [3.63, 3.8) is 0 Å². The van der Waals surface area contributed by atoms with E-state index in [9.17, 15) is 8.42 Å². The fourth-order valence-corrected chi connectivity index (χ4v) is 3.00. The van der Waals surface area contributed by atoms with Crippen LogP contribution in [-0.2, 0) is 9.84 Å². The molecule has 21 heavy (non-hydrogen) atoms. The van der Waals surface area contributed by atoms with Crippen LogP contribution in [0, 0.1) is 0 Å². The maximum Gasteiger partial charge on any atom is 0.175 e. The molecule has 0 spiro atoms. The van der Waals surface area contributed by atoms with Crippen molar-refractivity contribution < 1.29 is 8.42 Å². The van der Waals surface area contributed by atoms with E-state index in [2.05, 4.69) is 9.97 Å². The third kappa shape index (κ3) is 2.72. The molecular weight excluding hydrogens is 310 g/mol. The highest BCUT2D eigenvalue weighted by atomic mass is 35.5. The van der Waals surface area contributed by atoms with Crippen molar-refractivity contribution >= 4 is 38.2 Å². The van der Waals surface area contributed by atoms with Gasteiger partial charge in [-0.15, -0.1) is 0 Å². The van der Waals surface area contributed by atoms with Gasteiger partial charge in [-0.25, -0.2) is 13.4 Å². The van der Waals surface area contributed by atoms with Gasteiger partial charge in [0, 0.05) is 22.5 Å². The Morgan fingerprint density at radius 1 is 1.19 bits per heavy atom. The summed E-state index contributed by atoms with van der Waals surface area (Å²) in [7, 11) is -3.25. The Bertz CT molecular complexity index is 928. The number of anilines is 1. The van der Waals surface area contributed by atoms with Crippen LogP contribution in [0.15, 0.2) is 41.3 Å². The third-order valence-electron chi connectivity index (χ3n) is 3.08. The summed E-state index contributed by atoms with van der Waals surface area (Å²) in [6.45, 7) is 0. The lowest BCUT2D eigenvalue weighted by atomic mass is 10.2. The summed E-state index contributed by atoms with van der Waals surface area (Å²) in [5.41, 5.74) is 8.37. The molecule has 108 valence electrons. The van der Waals surface area contributed by atoms with E-state index < -0.39 is 9.84 Å². The molecule has 0 fully saturated rings. The number of nitrogen functional groups attached to an aromatic ring is 1. The van der Waals surface area contributed by atoms with Crippen molar-refractivity contribution in [1.82, 2.24) is 9.97 Å². The Labute approximate surface area is 126 Å². The van der Waals surface area contributed by atoms with E-state index in [1.54, 1.807) is 30.3 Å². The Morgan fingerprint density at radius 3 is 2.62 bits per heavy atom. The van der Waals surface area contributed by atoms with Gasteiger partial charge < -0.3 is 10.7 Å². The van der Waals surface area contributed by atoms with Crippen LogP contribution in [0.2, 0.25) is 5.02 Å². The van der Waals surface area contributed by atoms with Crippen LogP contribution < -0.4 is 5.73 Å². The number of nitrogens with one attached hydrogen (secondary N) is 1. The number of sulfone groups is 1. The smallest absolute Gasteiger partial charge is 0.175 e. The molecule has 0 aliphatic heterocycles. The second kappa shape index (κ2) is 4.75. The lowest BCUT2D eigenvalue weighted by molar-refractivity contribution is 0.602. The van der Waals surface area contributed by atoms with Crippen LogP contribution in [0.1, 0.15) is 0 Å². The first-order valence-corrected chi connectivity index (χ1v) is 8.36. The quantitative estimate of drug-likeness (QED) is 0.710. The summed E-state index contributed by atoms with van der Waals surface area (Å²) >= 11 is 5.98. The van der Waals surface area contributed by atoms with E-state index in [0.717, 1.165) is 5.56 Å². The van der Waals surface area contributed by atoms with Crippen molar-refractivity contribution in [3.05, 3.63) is 41.4 Å². The molecule has 0 aliphatic rings. The van der Waals surface area contributed by atoms with Gasteiger partial charge in [0.25, 0.3) is 0 Å². The molecule has 7 heteroatoms. The SMILES string of the molecule is CS(=O)(=O)c1ccc2nc(-c3cc(N)cc(Cl)c3)[nH]c2c1. The molecule has 2 aromatic carbocycles. The van der Waals surface area contributed by atoms with Crippen LogP contribution in [0.25, 0.3) is 22.4 Å². The number of imidazole rings is 1. The lowest BCUT2D eigenvalue weighted by Gasteiger charge is -2.00. The van der Waals surface area contributed by atoms with E-state index in [0.29, 0.717) is 27.6 Å². The van der Waals surface area contributed by atoms with Crippen LogP contribution in [-0.4, -0.2) is 24.6 Å². The van der Waals surface area contributed by atoms with Crippen LogP contribution in [0.3, 0.4) is 0 Å². The molecule has 0 unspecified atom stereocenters. The van der Waals surface area contributed by atoms with Crippen molar-refractivity contribution in [1.29, 1.82) is 0 Å². The molecule has 0 saturated carbocycles. The predicted molar refractivity (Wildman–Crippen MR) is 84.1 cm³/mol. The van der Waals surface area contributed by atoms with Gasteiger partial charge in [0.2, 0.25) is 0 Å². The molecule has 0 aliphatic carbocycles. The van der Waals surface area contributed by atoms with Gasteiger partial charge in [-0.3, -0.25) is 0 Å². The minimum absolute atomic E-state index is 0.246. The molecule has 5 nitrogen and oxygen atoms in total. The molecule has 0 bridgehead atoms. The van der Waals surface area contributed by atoms with Gasteiger partial charge in [0.15, 0.2) is 9.84 Å². The third-order valence-corrected chi connectivity index (χ3v) is 4.40. The van der Waals surface area contributed by atoms with Gasteiger partial charge in [-0.2, -0.15) is 0 Å². The zero-order chi connectivity index (χ0) is 15.2. The zero-order valence-corrected chi connectivity index (χ0v) is 12.7. The molecule has 1 heterocycles. The first kappa shape index (κ1) is 13.9. The van der Waals surface area contributed by atoms with E-state index in [4.69, 9.17) is 17.3 Å². The van der Waals surface area contributed by atoms with E-state index in [1.165, 1.54) is 12.3 Å². The molecule has 3 N–H and O–H groups in total. The molecule has 0 radical (unpaired) electrons. The van der Waals surface area contributed by atoms with Crippen LogP contribution in [0.5, 0.6) is 0 Å². The summed E-state index contributed by atoms with van der Waals surface area (Å²) in [4.78, 5) is 7.76. The Balaban J connectivity index is 2.17. The number of benzene rings is 2. The van der Waals surface area contributed by atoms with Crippen molar-refractivity contribution in [2.24, 2.45) is 0 Å². The zero-order valence-electron chi connectivity index (χ0n) is 11.1. The van der Waals surface area contributed by atoms with Crippen molar-refractivity contribution in [3.8, 4) is 11.4 Å². The van der Waals surface area contributed by atoms with Gasteiger partial charge >= 0.3 is 0 Å². The summed E-state index contributed by atoms with van der Waals surface area (Å²) in [6.07, 6.45) is 1.17. The van der Waals surface area contributed by atoms with E-state index in [1.807, 2.05) is 0 Å². The number of nitrogens with zero attached hydrogens (tertiary/aromatic N) is 1. The Kier molecular flexibility index (Phi) is 3.15. The van der Waals surface area contributed by atoms with Gasteiger partial charge in [0.1, 0.15) is 5.82 Å². The minimum atomic E-state index is -3.25. The van der Waals surface area contributed by atoms with E-state index >= 15 is 0 Å². The normalized spacial score (nSPS) is 11.9. The molecule has 0 saturated heterocycles. The average Bonchev–Trinajstić information content (AvgIpc) is 2.79. The highest BCUT2D eigenvalue weighted by molar-refractivity contribution is 7.90. The summed E-state index contributed by atoms with van der Waals surface area (Å²) in [5.74, 6) is 0.588. The van der Waals surface area contributed by atoms with Gasteiger partial charge in [-0.05, 0) is 36.4 Å². The number of aromatic amines is 1. The number of hydrogen-bond donors (Lipinski definition) is 2. The fraction of sp³-hybridized carbons (Fsp3) is 0.0714. The highest BCUT2D eigenvalue weighted by Crippen LogP contribution is 2.26. The van der Waals surface area contributed by atoms with Crippen molar-refractivity contribution in [2.75, 3.05) is 12.0 Å². The number of halogens is 1. The number of fused-ring (bicyclic) bond motifs is 1. The van der Waals surface area contributed by atoms with E-state index in [-0.39, 0.29) is 4.90 Å². The highest BCUT2D eigenvalue weighted by Gasteiger charge is 2.11. The van der Waals surface area contributed by atoms with Crippen molar-refractivity contribution in [2.45, 2.75) is 4.90 Å². The number of aromatic nitrogens is 2. The first-order chi connectivity index (χ1) is 9.83. The van der Waals surface area contributed by atoms with Gasteiger partial charge in [0.05, 0.1) is 15.9 Å². The topological polar surface area (TPSA) is 88.8 Å². The second-order valence-electron chi connectivity index (χ2n) is 4.81. The summed E-state index contributed by atoms with van der Waals surface area (Å²) < 4.78 is 23.1. The monoisotopic (exact) mass is 321 g/mol. The predicted octanol–water partition coefficient (Wildman–Crippen LogP) is 2.87. The van der Waals surface area contributed by atoms with Crippen LogP contribution >= 0.6 is 11.6 Å².